The van der Waals surface area contributed by atoms with Gasteiger partial charge in [0.15, 0.2) is 0 Å². The molecule has 3 nitrogen and oxygen atoms in total. The molecule has 102 valence electrons. The van der Waals surface area contributed by atoms with E-state index in [9.17, 15) is 10.2 Å². The van der Waals surface area contributed by atoms with Crippen molar-refractivity contribution in [1.29, 1.82) is 0 Å². The first-order chi connectivity index (χ1) is 8.30. The highest BCUT2D eigenvalue weighted by Crippen LogP contribution is 2.57. The summed E-state index contributed by atoms with van der Waals surface area (Å²) in [6.07, 6.45) is 4.80. The van der Waals surface area contributed by atoms with E-state index in [0.29, 0.717) is 6.42 Å². The first-order valence-electron chi connectivity index (χ1n) is 7.07. The highest BCUT2D eigenvalue weighted by atomic mass is 16.5. The molecule has 1 saturated heterocycles. The van der Waals surface area contributed by atoms with Crippen molar-refractivity contribution in [3.05, 3.63) is 11.1 Å². The van der Waals surface area contributed by atoms with Gasteiger partial charge in [0.2, 0.25) is 0 Å². The molecule has 2 fully saturated rings. The third kappa shape index (κ3) is 1.41. The summed E-state index contributed by atoms with van der Waals surface area (Å²) in [7, 11) is 0. The van der Waals surface area contributed by atoms with Crippen molar-refractivity contribution < 1.29 is 14.9 Å². The van der Waals surface area contributed by atoms with E-state index in [1.54, 1.807) is 6.92 Å². The van der Waals surface area contributed by atoms with Crippen LogP contribution in [0, 0.1) is 5.41 Å². The van der Waals surface area contributed by atoms with Crippen LogP contribution in [0.2, 0.25) is 0 Å². The van der Waals surface area contributed by atoms with Crippen LogP contribution in [-0.2, 0) is 4.74 Å². The van der Waals surface area contributed by atoms with Gasteiger partial charge in [-0.05, 0) is 56.9 Å². The lowest BCUT2D eigenvalue weighted by Gasteiger charge is -2.51. The van der Waals surface area contributed by atoms with Gasteiger partial charge in [-0.15, -0.1) is 0 Å². The molecule has 2 N–H and O–H groups in total. The van der Waals surface area contributed by atoms with Crippen molar-refractivity contribution in [2.45, 2.75) is 70.2 Å². The van der Waals surface area contributed by atoms with E-state index in [2.05, 4.69) is 13.8 Å². The van der Waals surface area contributed by atoms with E-state index >= 15 is 0 Å². The Kier molecular flexibility index (Phi) is 2.52. The first-order valence-corrected chi connectivity index (χ1v) is 7.07. The fourth-order valence-corrected chi connectivity index (χ4v) is 4.31. The summed E-state index contributed by atoms with van der Waals surface area (Å²) in [5.74, 6) is 0. The van der Waals surface area contributed by atoms with Crippen LogP contribution in [-0.4, -0.2) is 34.1 Å². The molecule has 4 atom stereocenters. The Bertz CT molecular complexity index is 412. The molecule has 0 aromatic rings. The Morgan fingerprint density at radius 3 is 2.61 bits per heavy atom. The van der Waals surface area contributed by atoms with Crippen LogP contribution in [0.15, 0.2) is 11.1 Å². The summed E-state index contributed by atoms with van der Waals surface area (Å²) in [5, 5.41) is 21.3. The average Bonchev–Trinajstić information content (AvgIpc) is 2.51. The summed E-state index contributed by atoms with van der Waals surface area (Å²) in [6, 6.07) is 0. The molecule has 0 amide bonds. The van der Waals surface area contributed by atoms with Gasteiger partial charge in [0.1, 0.15) is 17.3 Å². The molecule has 1 aliphatic heterocycles. The van der Waals surface area contributed by atoms with E-state index in [1.807, 2.05) is 0 Å². The summed E-state index contributed by atoms with van der Waals surface area (Å²) >= 11 is 0. The quantitative estimate of drug-likeness (QED) is 0.650. The summed E-state index contributed by atoms with van der Waals surface area (Å²) < 4.78 is 5.82. The summed E-state index contributed by atoms with van der Waals surface area (Å²) in [4.78, 5) is 0. The molecule has 2 aliphatic carbocycles. The van der Waals surface area contributed by atoms with Crippen molar-refractivity contribution in [2.75, 3.05) is 6.61 Å². The number of aliphatic hydroxyl groups is 2. The minimum absolute atomic E-state index is 0.166. The fraction of sp³-hybridized carbons (Fsp3) is 0.867. The maximum atomic E-state index is 10.9. The molecule has 0 bridgehead atoms. The highest BCUT2D eigenvalue weighted by Gasteiger charge is 2.63. The zero-order valence-corrected chi connectivity index (χ0v) is 11.6. The van der Waals surface area contributed by atoms with Crippen LogP contribution in [0.25, 0.3) is 0 Å². The number of hydrogen-bond donors (Lipinski definition) is 2. The van der Waals surface area contributed by atoms with Crippen molar-refractivity contribution in [2.24, 2.45) is 5.41 Å². The molecule has 0 radical (unpaired) electrons. The Hall–Kier alpha value is -0.380. The Morgan fingerprint density at radius 1 is 1.17 bits per heavy atom. The van der Waals surface area contributed by atoms with Crippen molar-refractivity contribution in [3.63, 3.8) is 0 Å². The van der Waals surface area contributed by atoms with E-state index in [-0.39, 0.29) is 18.1 Å². The maximum absolute atomic E-state index is 10.9. The Labute approximate surface area is 109 Å². The number of ether oxygens (including phenoxy) is 1. The van der Waals surface area contributed by atoms with E-state index in [0.717, 1.165) is 12.8 Å². The number of allylic oxidation sites excluding steroid dienone is 1. The molecule has 1 heterocycles. The minimum Gasteiger partial charge on any atom is -0.385 e. The summed E-state index contributed by atoms with van der Waals surface area (Å²) in [5.41, 5.74) is 0.592. The monoisotopic (exact) mass is 252 g/mol. The molecule has 0 unspecified atom stereocenters. The van der Waals surface area contributed by atoms with Crippen LogP contribution in [0.4, 0.5) is 0 Å². The minimum atomic E-state index is -1.12. The highest BCUT2D eigenvalue weighted by molar-refractivity contribution is 5.36. The molecule has 0 spiro atoms. The van der Waals surface area contributed by atoms with Crippen molar-refractivity contribution >= 4 is 0 Å². The molecule has 0 aromatic carbocycles. The molecule has 18 heavy (non-hydrogen) atoms. The lowest BCUT2D eigenvalue weighted by molar-refractivity contribution is -0.141. The molecule has 3 aliphatic rings. The van der Waals surface area contributed by atoms with Gasteiger partial charge in [-0.1, -0.05) is 12.5 Å². The van der Waals surface area contributed by atoms with Gasteiger partial charge in [-0.25, -0.2) is 0 Å². The first kappa shape index (κ1) is 12.6. The van der Waals surface area contributed by atoms with Gasteiger partial charge in [-0.3, -0.25) is 0 Å². The van der Waals surface area contributed by atoms with Crippen molar-refractivity contribution in [1.82, 2.24) is 0 Å². The van der Waals surface area contributed by atoms with Crippen LogP contribution in [0.3, 0.4) is 0 Å². The van der Waals surface area contributed by atoms with Crippen LogP contribution >= 0.6 is 0 Å². The predicted molar refractivity (Wildman–Crippen MR) is 69.2 cm³/mol. The topological polar surface area (TPSA) is 49.7 Å². The molecular formula is C15H24O3. The SMILES string of the molecule is CC1=C2[C@H]3OC[C@@](C)(O)[C@]3(O)CC[C@@]2(C)CCC1. The number of hydrogen-bond acceptors (Lipinski definition) is 3. The van der Waals surface area contributed by atoms with Gasteiger partial charge in [0.05, 0.1) is 6.61 Å². The van der Waals surface area contributed by atoms with Gasteiger partial charge in [0, 0.05) is 0 Å². The van der Waals surface area contributed by atoms with E-state index in [4.69, 9.17) is 4.74 Å². The number of fused-ring (bicyclic) bond motifs is 3. The van der Waals surface area contributed by atoms with Crippen LogP contribution in [0.1, 0.15) is 52.9 Å². The van der Waals surface area contributed by atoms with Gasteiger partial charge < -0.3 is 14.9 Å². The zero-order valence-electron chi connectivity index (χ0n) is 11.6. The van der Waals surface area contributed by atoms with Crippen LogP contribution < -0.4 is 0 Å². The fourth-order valence-electron chi connectivity index (χ4n) is 4.31. The Balaban J connectivity index is 2.09. The average molecular weight is 252 g/mol. The molecule has 0 aromatic heterocycles. The van der Waals surface area contributed by atoms with Crippen molar-refractivity contribution in [3.8, 4) is 0 Å². The third-order valence-corrected chi connectivity index (χ3v) is 5.61. The summed E-state index contributed by atoms with van der Waals surface area (Å²) in [6.45, 7) is 6.39. The molecular weight excluding hydrogens is 228 g/mol. The van der Waals surface area contributed by atoms with E-state index < -0.39 is 11.2 Å². The van der Waals surface area contributed by atoms with Gasteiger partial charge in [-0.2, -0.15) is 0 Å². The van der Waals surface area contributed by atoms with Gasteiger partial charge in [0.25, 0.3) is 0 Å². The zero-order chi connectivity index (χ0) is 13.2. The largest absolute Gasteiger partial charge is 0.385 e. The van der Waals surface area contributed by atoms with Gasteiger partial charge >= 0.3 is 0 Å². The lowest BCUT2D eigenvalue weighted by atomic mass is 9.57. The predicted octanol–water partition coefficient (Wildman–Crippen LogP) is 2.17. The second kappa shape index (κ2) is 3.59. The normalized spacial score (nSPS) is 52.2. The molecule has 3 rings (SSSR count). The molecule has 1 saturated carbocycles. The second-order valence-electron chi connectivity index (χ2n) is 7.00. The Morgan fingerprint density at radius 2 is 1.89 bits per heavy atom. The van der Waals surface area contributed by atoms with Crippen LogP contribution in [0.5, 0.6) is 0 Å². The smallest absolute Gasteiger partial charge is 0.125 e. The second-order valence-corrected chi connectivity index (χ2v) is 7.00. The maximum Gasteiger partial charge on any atom is 0.125 e. The van der Waals surface area contributed by atoms with E-state index in [1.165, 1.54) is 24.0 Å². The lowest BCUT2D eigenvalue weighted by Crippen LogP contribution is -2.60. The standard InChI is InChI=1S/C15H24O3/c1-10-5-4-6-13(2)7-8-15(17)12(11(10)13)18-9-14(15,3)16/h12,16-17H,4-9H2,1-3H3/t12-,13-,14-,15+/m1/s1. The number of rotatable bonds is 0. The third-order valence-electron chi connectivity index (χ3n) is 5.61. The molecule has 3 heteroatoms.